The fraction of sp³-hybridized carbons (Fsp3) is 0.0769. The number of methoxy groups -OCH3 is 1. The number of aromatic nitrogens is 4. The van der Waals surface area contributed by atoms with Gasteiger partial charge in [-0.15, -0.1) is 5.10 Å². The van der Waals surface area contributed by atoms with Crippen molar-refractivity contribution in [2.45, 2.75) is 0 Å². The molecule has 0 unspecified atom stereocenters. The molecule has 3 rings (SSSR count). The van der Waals surface area contributed by atoms with Crippen molar-refractivity contribution in [2.24, 2.45) is 0 Å². The largest absolute Gasteiger partial charge is 0.481 e. The van der Waals surface area contributed by atoms with Gasteiger partial charge in [-0.2, -0.15) is 0 Å². The molecule has 2 heterocycles. The first-order valence-electron chi connectivity index (χ1n) is 5.63. The summed E-state index contributed by atoms with van der Waals surface area (Å²) in [6.07, 6.45) is 1.70. The number of fused-ring (bicyclic) bond motifs is 1. The Bertz CT molecular complexity index is 781. The smallest absolute Gasteiger partial charge is 0.275 e. The Labute approximate surface area is 108 Å². The van der Waals surface area contributed by atoms with Gasteiger partial charge >= 0.3 is 0 Å². The lowest BCUT2D eigenvalue weighted by atomic mass is 10.1. The van der Waals surface area contributed by atoms with E-state index in [0.29, 0.717) is 16.8 Å². The Balaban J connectivity index is 2.14. The summed E-state index contributed by atoms with van der Waals surface area (Å²) in [5.41, 5.74) is 2.10. The van der Waals surface area contributed by atoms with Crippen molar-refractivity contribution in [3.8, 4) is 17.0 Å². The van der Waals surface area contributed by atoms with Crippen molar-refractivity contribution < 1.29 is 4.74 Å². The number of hydrogen-bond acceptors (Lipinski definition) is 5. The van der Waals surface area contributed by atoms with Crippen LogP contribution in [-0.4, -0.2) is 27.5 Å². The molecular formula is C13H10N4O2. The number of aromatic amines is 1. The molecule has 0 saturated carbocycles. The molecule has 0 spiro atoms. The van der Waals surface area contributed by atoms with Gasteiger partial charge in [-0.05, 0) is 23.8 Å². The first-order chi connectivity index (χ1) is 9.28. The average Bonchev–Trinajstić information content (AvgIpc) is 2.47. The molecule has 2 aromatic heterocycles. The third kappa shape index (κ3) is 2.03. The van der Waals surface area contributed by atoms with Crippen LogP contribution >= 0.6 is 0 Å². The van der Waals surface area contributed by atoms with E-state index in [1.165, 1.54) is 0 Å². The maximum atomic E-state index is 11.7. The van der Waals surface area contributed by atoms with E-state index < -0.39 is 0 Å². The number of H-pyrrole nitrogens is 1. The molecule has 0 amide bonds. The van der Waals surface area contributed by atoms with E-state index in [0.717, 1.165) is 11.1 Å². The minimum atomic E-state index is -0.256. The molecule has 0 aliphatic rings. The lowest BCUT2D eigenvalue weighted by molar-refractivity contribution is 0.398. The van der Waals surface area contributed by atoms with Crippen LogP contribution in [0.5, 0.6) is 5.88 Å². The average molecular weight is 254 g/mol. The van der Waals surface area contributed by atoms with Gasteiger partial charge in [-0.1, -0.05) is 11.3 Å². The Morgan fingerprint density at radius 3 is 2.74 bits per heavy atom. The first kappa shape index (κ1) is 11.3. The Kier molecular flexibility index (Phi) is 2.68. The second-order valence-electron chi connectivity index (χ2n) is 3.96. The van der Waals surface area contributed by atoms with Crippen LogP contribution < -0.4 is 10.3 Å². The summed E-state index contributed by atoms with van der Waals surface area (Å²) in [6.45, 7) is 0. The molecule has 0 saturated heterocycles. The number of nitrogens with zero attached hydrogens (tertiary/aromatic N) is 3. The van der Waals surface area contributed by atoms with E-state index in [1.807, 2.05) is 12.1 Å². The summed E-state index contributed by atoms with van der Waals surface area (Å²) in [5, 5.41) is 10.2. The number of ether oxygens (including phenoxy) is 1. The molecular weight excluding hydrogens is 244 g/mol. The predicted molar refractivity (Wildman–Crippen MR) is 69.9 cm³/mol. The summed E-state index contributed by atoms with van der Waals surface area (Å²) >= 11 is 0. The molecule has 0 radical (unpaired) electrons. The van der Waals surface area contributed by atoms with E-state index in [9.17, 15) is 4.79 Å². The molecule has 0 atom stereocenters. The highest BCUT2D eigenvalue weighted by atomic mass is 16.5. The summed E-state index contributed by atoms with van der Waals surface area (Å²) in [6, 6.07) is 9.06. The minimum absolute atomic E-state index is 0.256. The number of nitrogens with one attached hydrogen (secondary N) is 1. The number of benzene rings is 1. The van der Waals surface area contributed by atoms with E-state index in [-0.39, 0.29) is 5.56 Å². The van der Waals surface area contributed by atoms with Gasteiger partial charge in [0.2, 0.25) is 5.88 Å². The summed E-state index contributed by atoms with van der Waals surface area (Å²) in [5.74, 6) is 0.549. The quantitative estimate of drug-likeness (QED) is 0.747. The van der Waals surface area contributed by atoms with Crippen LogP contribution in [0.15, 0.2) is 41.3 Å². The standard InChI is InChI=1S/C13H10N4O2/c1-19-12-5-3-9(7-14-12)8-2-4-11-10(6-8)13(18)16-17-15-11/h2-7H,1H3,(H,15,16,18). The zero-order valence-electron chi connectivity index (χ0n) is 10.1. The highest BCUT2D eigenvalue weighted by molar-refractivity contribution is 5.83. The van der Waals surface area contributed by atoms with Crippen molar-refractivity contribution >= 4 is 10.9 Å². The summed E-state index contributed by atoms with van der Waals surface area (Å²) in [4.78, 5) is 15.8. The van der Waals surface area contributed by atoms with Gasteiger partial charge in [0.15, 0.2) is 0 Å². The topological polar surface area (TPSA) is 80.8 Å². The van der Waals surface area contributed by atoms with Crippen LogP contribution in [0.25, 0.3) is 22.0 Å². The maximum Gasteiger partial charge on any atom is 0.275 e. The van der Waals surface area contributed by atoms with E-state index in [2.05, 4.69) is 20.4 Å². The van der Waals surface area contributed by atoms with Gasteiger partial charge in [-0.3, -0.25) is 4.79 Å². The van der Waals surface area contributed by atoms with Gasteiger partial charge in [-0.25, -0.2) is 10.1 Å². The molecule has 19 heavy (non-hydrogen) atoms. The van der Waals surface area contributed by atoms with Gasteiger partial charge < -0.3 is 4.74 Å². The fourth-order valence-corrected chi connectivity index (χ4v) is 1.84. The van der Waals surface area contributed by atoms with E-state index in [1.54, 1.807) is 31.5 Å². The predicted octanol–water partition coefficient (Wildman–Crippen LogP) is 1.39. The lowest BCUT2D eigenvalue weighted by Gasteiger charge is -2.03. The monoisotopic (exact) mass is 254 g/mol. The van der Waals surface area contributed by atoms with Gasteiger partial charge in [0.05, 0.1) is 12.5 Å². The molecule has 94 valence electrons. The van der Waals surface area contributed by atoms with Crippen LogP contribution in [0.3, 0.4) is 0 Å². The Hall–Kier alpha value is -2.76. The van der Waals surface area contributed by atoms with Crippen LogP contribution in [0, 0.1) is 0 Å². The van der Waals surface area contributed by atoms with E-state index in [4.69, 9.17) is 4.74 Å². The normalized spacial score (nSPS) is 10.6. The fourth-order valence-electron chi connectivity index (χ4n) is 1.84. The van der Waals surface area contributed by atoms with Crippen LogP contribution in [-0.2, 0) is 0 Å². The zero-order valence-corrected chi connectivity index (χ0v) is 10.1. The highest BCUT2D eigenvalue weighted by Crippen LogP contribution is 2.22. The summed E-state index contributed by atoms with van der Waals surface area (Å²) < 4.78 is 5.01. The lowest BCUT2D eigenvalue weighted by Crippen LogP contribution is -2.09. The molecule has 0 aliphatic heterocycles. The Morgan fingerprint density at radius 2 is 2.00 bits per heavy atom. The number of rotatable bonds is 2. The molecule has 0 fully saturated rings. The SMILES string of the molecule is COc1ccc(-c2ccc3nn[nH]c(=O)c3c2)cn1. The molecule has 3 aromatic rings. The molecule has 0 bridgehead atoms. The number of hydrogen-bond donors (Lipinski definition) is 1. The number of pyridine rings is 1. The van der Waals surface area contributed by atoms with Crippen molar-refractivity contribution in [3.05, 3.63) is 46.9 Å². The van der Waals surface area contributed by atoms with Crippen LogP contribution in [0.2, 0.25) is 0 Å². The van der Waals surface area contributed by atoms with Crippen molar-refractivity contribution in [2.75, 3.05) is 7.11 Å². The molecule has 6 heteroatoms. The van der Waals surface area contributed by atoms with Gasteiger partial charge in [0.1, 0.15) is 5.52 Å². The van der Waals surface area contributed by atoms with Crippen molar-refractivity contribution in [1.29, 1.82) is 0 Å². The summed E-state index contributed by atoms with van der Waals surface area (Å²) in [7, 11) is 1.57. The highest BCUT2D eigenvalue weighted by Gasteiger charge is 2.04. The Morgan fingerprint density at radius 1 is 1.16 bits per heavy atom. The second kappa shape index (κ2) is 4.49. The van der Waals surface area contributed by atoms with Gasteiger partial charge in [0, 0.05) is 17.8 Å². The van der Waals surface area contributed by atoms with E-state index >= 15 is 0 Å². The van der Waals surface area contributed by atoms with Gasteiger partial charge in [0.25, 0.3) is 5.56 Å². The second-order valence-corrected chi connectivity index (χ2v) is 3.96. The van der Waals surface area contributed by atoms with Crippen molar-refractivity contribution in [1.82, 2.24) is 20.4 Å². The minimum Gasteiger partial charge on any atom is -0.481 e. The molecule has 0 aliphatic carbocycles. The molecule has 1 N–H and O–H groups in total. The molecule has 1 aromatic carbocycles. The third-order valence-electron chi connectivity index (χ3n) is 2.83. The van der Waals surface area contributed by atoms with Crippen LogP contribution in [0.1, 0.15) is 0 Å². The van der Waals surface area contributed by atoms with Crippen LogP contribution in [0.4, 0.5) is 0 Å². The van der Waals surface area contributed by atoms with Crippen molar-refractivity contribution in [3.63, 3.8) is 0 Å². The third-order valence-corrected chi connectivity index (χ3v) is 2.83. The first-order valence-corrected chi connectivity index (χ1v) is 5.63. The molecule has 6 nitrogen and oxygen atoms in total. The maximum absolute atomic E-state index is 11.7. The zero-order chi connectivity index (χ0) is 13.2.